The van der Waals surface area contributed by atoms with Crippen LogP contribution in [0.3, 0.4) is 0 Å². The van der Waals surface area contributed by atoms with Crippen LogP contribution < -0.4 is 5.32 Å². The molecule has 0 aliphatic heterocycles. The Morgan fingerprint density at radius 1 is 0.686 bits per heavy atom. The molecule has 0 amide bonds. The van der Waals surface area contributed by atoms with Crippen LogP contribution in [0.1, 0.15) is 0 Å². The third-order valence-electron chi connectivity index (χ3n) is 5.57. The number of nitrogens with zero attached hydrogens (tertiary/aromatic N) is 2. The maximum atomic E-state index is 11.9. The molecule has 0 heterocycles. The van der Waals surface area contributed by atoms with Crippen LogP contribution in [0.15, 0.2) is 130 Å². The van der Waals surface area contributed by atoms with Crippen molar-refractivity contribution < 1.29 is 13.0 Å². The number of hydrogen-bond donors (Lipinski definition) is 2. The van der Waals surface area contributed by atoms with Crippen molar-refractivity contribution in [2.45, 2.75) is 4.90 Å². The van der Waals surface area contributed by atoms with Gasteiger partial charge in [-0.25, -0.2) is 0 Å². The summed E-state index contributed by atoms with van der Waals surface area (Å²) in [5.74, 6) is 0. The predicted molar refractivity (Wildman–Crippen MR) is 140 cm³/mol. The first-order chi connectivity index (χ1) is 17.0. The van der Waals surface area contributed by atoms with E-state index in [0.717, 1.165) is 27.6 Å². The molecule has 0 aromatic heterocycles. The molecular weight excluding hydrogens is 458 g/mol. The summed E-state index contributed by atoms with van der Waals surface area (Å²) in [5, 5.41) is 14.0. The van der Waals surface area contributed by atoms with E-state index in [9.17, 15) is 13.0 Å². The molecule has 172 valence electrons. The van der Waals surface area contributed by atoms with Crippen LogP contribution in [0, 0.1) is 0 Å². The first-order valence-electron chi connectivity index (χ1n) is 10.9. The van der Waals surface area contributed by atoms with Gasteiger partial charge in [0.15, 0.2) is 0 Å². The van der Waals surface area contributed by atoms with Crippen molar-refractivity contribution in [1.82, 2.24) is 0 Å². The largest absolute Gasteiger partial charge is 0.353 e. The van der Waals surface area contributed by atoms with Crippen molar-refractivity contribution in [2.24, 2.45) is 10.2 Å². The smallest absolute Gasteiger partial charge is 0.294 e. The van der Waals surface area contributed by atoms with Crippen LogP contribution in [0.2, 0.25) is 0 Å². The maximum absolute atomic E-state index is 11.9. The van der Waals surface area contributed by atoms with Crippen molar-refractivity contribution in [3.8, 4) is 11.1 Å². The Bertz CT molecular complexity index is 1640. The fourth-order valence-corrected chi connectivity index (χ4v) is 4.38. The molecule has 0 bridgehead atoms. The molecule has 0 fully saturated rings. The van der Waals surface area contributed by atoms with Gasteiger partial charge in [0, 0.05) is 10.9 Å². The average molecular weight is 480 g/mol. The first-order valence-corrected chi connectivity index (χ1v) is 12.4. The van der Waals surface area contributed by atoms with Gasteiger partial charge in [0.05, 0.1) is 22.0 Å². The molecule has 0 radical (unpaired) electrons. The van der Waals surface area contributed by atoms with Crippen LogP contribution >= 0.6 is 0 Å². The lowest BCUT2D eigenvalue weighted by molar-refractivity contribution is 0.483. The molecule has 2 N–H and O–H groups in total. The SMILES string of the molecule is O=S(=O)(O)c1ccc(/N=N/c2ccccc2)c(Nc2c(-c3ccccc3)ccc3ccccc23)c1. The van der Waals surface area contributed by atoms with Crippen molar-refractivity contribution in [3.63, 3.8) is 0 Å². The van der Waals surface area contributed by atoms with Gasteiger partial charge in [-0.3, -0.25) is 4.55 Å². The molecule has 5 aromatic carbocycles. The fourth-order valence-electron chi connectivity index (χ4n) is 3.87. The van der Waals surface area contributed by atoms with E-state index >= 15 is 0 Å². The summed E-state index contributed by atoms with van der Waals surface area (Å²) in [7, 11) is -4.42. The van der Waals surface area contributed by atoms with E-state index in [2.05, 4.69) is 15.5 Å². The van der Waals surface area contributed by atoms with E-state index in [-0.39, 0.29) is 4.90 Å². The molecule has 6 nitrogen and oxygen atoms in total. The quantitative estimate of drug-likeness (QED) is 0.191. The zero-order valence-electron chi connectivity index (χ0n) is 18.5. The maximum Gasteiger partial charge on any atom is 0.294 e. The molecule has 0 spiro atoms. The Morgan fingerprint density at radius 3 is 2.11 bits per heavy atom. The minimum Gasteiger partial charge on any atom is -0.353 e. The van der Waals surface area contributed by atoms with Gasteiger partial charge < -0.3 is 5.32 Å². The van der Waals surface area contributed by atoms with Gasteiger partial charge >= 0.3 is 0 Å². The van der Waals surface area contributed by atoms with Crippen molar-refractivity contribution >= 4 is 43.6 Å². The number of anilines is 2. The Balaban J connectivity index is 1.69. The Kier molecular flexibility index (Phi) is 6.10. The van der Waals surface area contributed by atoms with Gasteiger partial charge in [-0.1, -0.05) is 84.9 Å². The van der Waals surface area contributed by atoms with Crippen LogP contribution in [0.25, 0.3) is 21.9 Å². The lowest BCUT2D eigenvalue weighted by Crippen LogP contribution is -2.01. The summed E-state index contributed by atoms with van der Waals surface area (Å²) < 4.78 is 33.5. The van der Waals surface area contributed by atoms with E-state index in [1.54, 1.807) is 0 Å². The number of fused-ring (bicyclic) bond motifs is 1. The molecular formula is C28H21N3O3S. The van der Waals surface area contributed by atoms with E-state index in [1.807, 2.05) is 97.1 Å². The molecule has 7 heteroatoms. The van der Waals surface area contributed by atoms with Crippen molar-refractivity contribution in [3.05, 3.63) is 115 Å². The van der Waals surface area contributed by atoms with E-state index in [0.29, 0.717) is 17.1 Å². The van der Waals surface area contributed by atoms with Crippen LogP contribution in [-0.4, -0.2) is 13.0 Å². The molecule has 0 unspecified atom stereocenters. The zero-order valence-corrected chi connectivity index (χ0v) is 19.4. The fraction of sp³-hybridized carbons (Fsp3) is 0. The van der Waals surface area contributed by atoms with Crippen LogP contribution in [0.4, 0.5) is 22.7 Å². The number of rotatable bonds is 6. The summed E-state index contributed by atoms with van der Waals surface area (Å²) in [6.07, 6.45) is 0. The van der Waals surface area contributed by atoms with Gasteiger partial charge in [-0.05, 0) is 41.3 Å². The predicted octanol–water partition coefficient (Wildman–Crippen LogP) is 7.91. The van der Waals surface area contributed by atoms with Gasteiger partial charge in [0.1, 0.15) is 5.69 Å². The number of hydrogen-bond acceptors (Lipinski definition) is 5. The van der Waals surface area contributed by atoms with Crippen LogP contribution in [0.5, 0.6) is 0 Å². The highest BCUT2D eigenvalue weighted by Gasteiger charge is 2.16. The lowest BCUT2D eigenvalue weighted by atomic mass is 9.98. The molecule has 0 atom stereocenters. The molecule has 0 aliphatic carbocycles. The van der Waals surface area contributed by atoms with Gasteiger partial charge in [-0.15, -0.1) is 5.11 Å². The molecule has 0 saturated carbocycles. The molecule has 5 aromatic rings. The third kappa shape index (κ3) is 4.96. The molecule has 0 saturated heterocycles. The monoisotopic (exact) mass is 479 g/mol. The number of azo groups is 1. The molecule has 0 aliphatic rings. The second kappa shape index (κ2) is 9.50. The third-order valence-corrected chi connectivity index (χ3v) is 6.42. The number of nitrogens with one attached hydrogen (secondary N) is 1. The zero-order chi connectivity index (χ0) is 24.3. The second-order valence-corrected chi connectivity index (χ2v) is 9.31. The molecule has 35 heavy (non-hydrogen) atoms. The summed E-state index contributed by atoms with van der Waals surface area (Å²) >= 11 is 0. The van der Waals surface area contributed by atoms with Gasteiger partial charge in [0.25, 0.3) is 10.1 Å². The van der Waals surface area contributed by atoms with E-state index in [1.165, 1.54) is 18.2 Å². The topological polar surface area (TPSA) is 91.1 Å². The summed E-state index contributed by atoms with van der Waals surface area (Å²) in [6, 6.07) is 35.4. The summed E-state index contributed by atoms with van der Waals surface area (Å²) in [6.45, 7) is 0. The Hall–Kier alpha value is -4.33. The molecule has 5 rings (SSSR count). The van der Waals surface area contributed by atoms with Crippen molar-refractivity contribution in [2.75, 3.05) is 5.32 Å². The van der Waals surface area contributed by atoms with Gasteiger partial charge in [-0.2, -0.15) is 13.5 Å². The highest BCUT2D eigenvalue weighted by atomic mass is 32.2. The summed E-state index contributed by atoms with van der Waals surface area (Å²) in [4.78, 5) is -0.236. The Morgan fingerprint density at radius 2 is 1.37 bits per heavy atom. The second-order valence-electron chi connectivity index (χ2n) is 7.89. The van der Waals surface area contributed by atoms with E-state index < -0.39 is 10.1 Å². The lowest BCUT2D eigenvalue weighted by Gasteiger charge is -2.17. The number of benzene rings is 5. The average Bonchev–Trinajstić information content (AvgIpc) is 2.88. The first kappa shape index (κ1) is 22.5. The normalized spacial score (nSPS) is 11.7. The highest BCUT2D eigenvalue weighted by molar-refractivity contribution is 7.85. The minimum atomic E-state index is -4.42. The standard InChI is InChI=1S/C28H21N3O3S/c32-35(33,34)23-16-18-26(31-30-22-12-5-2-6-13-22)27(19-23)29-28-24-14-8-7-11-21(24)15-17-25(28)20-9-3-1-4-10-20/h1-19,29H,(H,32,33,34)/b31-30+. The minimum absolute atomic E-state index is 0.236. The summed E-state index contributed by atoms with van der Waals surface area (Å²) in [5.41, 5.74) is 4.21. The van der Waals surface area contributed by atoms with Crippen molar-refractivity contribution in [1.29, 1.82) is 0 Å². The van der Waals surface area contributed by atoms with E-state index in [4.69, 9.17) is 0 Å². The van der Waals surface area contributed by atoms with Gasteiger partial charge in [0.2, 0.25) is 0 Å². The Labute approximate surface area is 203 Å². The highest BCUT2D eigenvalue weighted by Crippen LogP contribution is 2.40. The van der Waals surface area contributed by atoms with Crippen LogP contribution in [-0.2, 0) is 10.1 Å².